The molecule has 0 aliphatic carbocycles. The number of hydrogen-bond donors (Lipinski definition) is 0. The van der Waals surface area contributed by atoms with Gasteiger partial charge in [0.1, 0.15) is 12.4 Å². The summed E-state index contributed by atoms with van der Waals surface area (Å²) >= 11 is 0. The van der Waals surface area contributed by atoms with Crippen LogP contribution in [0.25, 0.3) is 0 Å². The van der Waals surface area contributed by atoms with Crippen LogP contribution in [0.1, 0.15) is 58.8 Å². The highest BCUT2D eigenvalue weighted by Gasteiger charge is 2.21. The van der Waals surface area contributed by atoms with Crippen molar-refractivity contribution in [3.63, 3.8) is 0 Å². The van der Waals surface area contributed by atoms with Gasteiger partial charge in [-0.15, -0.1) is 0 Å². The third-order valence-corrected chi connectivity index (χ3v) is 3.63. The van der Waals surface area contributed by atoms with Gasteiger partial charge in [0.2, 0.25) is 5.91 Å². The lowest BCUT2D eigenvalue weighted by molar-refractivity contribution is -0.140. The number of unbranched alkanes of at least 4 members (excludes halogenated alkanes) is 3. The molecule has 1 aliphatic rings. The molecule has 0 N–H and O–H groups in total. The molecule has 0 saturated carbocycles. The van der Waals surface area contributed by atoms with Crippen LogP contribution in [-0.2, 0) is 14.3 Å². The van der Waals surface area contributed by atoms with Crippen molar-refractivity contribution in [3.8, 4) is 0 Å². The normalized spacial score (nSPS) is 17.6. The summed E-state index contributed by atoms with van der Waals surface area (Å²) in [6.07, 6.45) is 7.08. The zero-order valence-corrected chi connectivity index (χ0v) is 12.3. The number of nitrogens with zero attached hydrogens (tertiary/aromatic N) is 1. The van der Waals surface area contributed by atoms with Crippen molar-refractivity contribution in [2.45, 2.75) is 64.9 Å². The summed E-state index contributed by atoms with van der Waals surface area (Å²) in [5, 5.41) is 0. The molecule has 1 atom stereocenters. The first-order valence-electron chi connectivity index (χ1n) is 7.54. The summed E-state index contributed by atoms with van der Waals surface area (Å²) in [6, 6.07) is 0. The van der Waals surface area contributed by atoms with Gasteiger partial charge in [-0.05, 0) is 13.3 Å². The molecule has 0 bridgehead atoms. The highest BCUT2D eigenvalue weighted by molar-refractivity contribution is 5.83. The summed E-state index contributed by atoms with van der Waals surface area (Å²) in [4.78, 5) is 24.7. The van der Waals surface area contributed by atoms with E-state index in [9.17, 15) is 9.59 Å². The van der Waals surface area contributed by atoms with Gasteiger partial charge in [0.05, 0.1) is 6.10 Å². The number of amides is 1. The molecular weight excluding hydrogens is 242 g/mol. The zero-order chi connectivity index (χ0) is 14.1. The van der Waals surface area contributed by atoms with E-state index >= 15 is 0 Å². The van der Waals surface area contributed by atoms with E-state index in [1.807, 2.05) is 6.92 Å². The number of likely N-dealkylation sites (tertiary alicyclic amines) is 1. The minimum absolute atomic E-state index is 0.0212. The molecule has 0 radical (unpaired) electrons. The van der Waals surface area contributed by atoms with E-state index in [-0.39, 0.29) is 24.4 Å². The first-order valence-corrected chi connectivity index (χ1v) is 7.54. The monoisotopic (exact) mass is 269 g/mol. The van der Waals surface area contributed by atoms with Gasteiger partial charge in [0, 0.05) is 25.9 Å². The van der Waals surface area contributed by atoms with Gasteiger partial charge in [0.15, 0.2) is 0 Å². The summed E-state index contributed by atoms with van der Waals surface area (Å²) in [5.74, 6) is 0.280. The lowest BCUT2D eigenvalue weighted by atomic mass is 10.1. The number of rotatable bonds is 8. The average molecular weight is 269 g/mol. The SMILES string of the molecule is CCCCCCC(C)OCC(=O)N1CCC(=O)CC1. The number of ether oxygens (including phenoxy) is 1. The van der Waals surface area contributed by atoms with Crippen molar-refractivity contribution in [2.24, 2.45) is 0 Å². The van der Waals surface area contributed by atoms with Gasteiger partial charge in [0.25, 0.3) is 0 Å². The maximum atomic E-state index is 11.9. The Hall–Kier alpha value is -0.900. The fraction of sp³-hybridized carbons (Fsp3) is 0.867. The number of Topliss-reactive ketones (excluding diaryl/α,β-unsaturated/α-hetero) is 1. The number of ketones is 1. The summed E-state index contributed by atoms with van der Waals surface area (Å²) < 4.78 is 5.59. The van der Waals surface area contributed by atoms with Crippen molar-refractivity contribution in [2.75, 3.05) is 19.7 Å². The molecule has 0 aromatic carbocycles. The topological polar surface area (TPSA) is 46.6 Å². The molecule has 4 nitrogen and oxygen atoms in total. The van der Waals surface area contributed by atoms with Crippen LogP contribution in [0.2, 0.25) is 0 Å². The quantitative estimate of drug-likeness (QED) is 0.636. The Morgan fingerprint density at radius 2 is 1.95 bits per heavy atom. The molecule has 1 rings (SSSR count). The van der Waals surface area contributed by atoms with Crippen molar-refractivity contribution in [3.05, 3.63) is 0 Å². The fourth-order valence-corrected chi connectivity index (χ4v) is 2.25. The number of carbonyl (C=O) groups is 2. The standard InChI is InChI=1S/C15H27NO3/c1-3-4-5-6-7-13(2)19-12-15(18)16-10-8-14(17)9-11-16/h13H,3-12H2,1-2H3. The maximum absolute atomic E-state index is 11.9. The maximum Gasteiger partial charge on any atom is 0.248 e. The van der Waals surface area contributed by atoms with E-state index in [1.54, 1.807) is 4.90 Å². The second kappa shape index (κ2) is 9.08. The molecule has 1 heterocycles. The van der Waals surface area contributed by atoms with Crippen LogP contribution in [-0.4, -0.2) is 42.4 Å². The fourth-order valence-electron chi connectivity index (χ4n) is 2.25. The Labute approximate surface area is 116 Å². The van der Waals surface area contributed by atoms with Crippen LogP contribution < -0.4 is 0 Å². The first-order chi connectivity index (χ1) is 9.13. The molecule has 110 valence electrons. The van der Waals surface area contributed by atoms with E-state index < -0.39 is 0 Å². The largest absolute Gasteiger partial charge is 0.369 e. The van der Waals surface area contributed by atoms with Crippen molar-refractivity contribution < 1.29 is 14.3 Å². The highest BCUT2D eigenvalue weighted by Crippen LogP contribution is 2.09. The zero-order valence-electron chi connectivity index (χ0n) is 12.3. The van der Waals surface area contributed by atoms with Crippen LogP contribution in [0.4, 0.5) is 0 Å². The van der Waals surface area contributed by atoms with Crippen LogP contribution >= 0.6 is 0 Å². The highest BCUT2D eigenvalue weighted by atomic mass is 16.5. The van der Waals surface area contributed by atoms with Gasteiger partial charge in [-0.2, -0.15) is 0 Å². The molecule has 19 heavy (non-hydrogen) atoms. The minimum Gasteiger partial charge on any atom is -0.369 e. The molecule has 1 fully saturated rings. The van der Waals surface area contributed by atoms with E-state index in [1.165, 1.54) is 25.7 Å². The van der Waals surface area contributed by atoms with Crippen molar-refractivity contribution in [1.82, 2.24) is 4.90 Å². The van der Waals surface area contributed by atoms with Crippen LogP contribution in [0.15, 0.2) is 0 Å². The molecule has 1 aliphatic heterocycles. The van der Waals surface area contributed by atoms with Crippen molar-refractivity contribution >= 4 is 11.7 Å². The second-order valence-corrected chi connectivity index (χ2v) is 5.39. The van der Waals surface area contributed by atoms with Gasteiger partial charge >= 0.3 is 0 Å². The molecule has 1 saturated heterocycles. The van der Waals surface area contributed by atoms with Crippen LogP contribution in [0.5, 0.6) is 0 Å². The van der Waals surface area contributed by atoms with Crippen LogP contribution in [0, 0.1) is 0 Å². The van der Waals surface area contributed by atoms with E-state index in [0.717, 1.165) is 6.42 Å². The van der Waals surface area contributed by atoms with Crippen LogP contribution in [0.3, 0.4) is 0 Å². The summed E-state index contributed by atoms with van der Waals surface area (Å²) in [5.41, 5.74) is 0. The lowest BCUT2D eigenvalue weighted by Crippen LogP contribution is -2.41. The van der Waals surface area contributed by atoms with Gasteiger partial charge in [-0.1, -0.05) is 32.6 Å². The van der Waals surface area contributed by atoms with E-state index in [4.69, 9.17) is 4.74 Å². The van der Waals surface area contributed by atoms with E-state index in [2.05, 4.69) is 6.92 Å². The number of piperidine rings is 1. The molecule has 0 spiro atoms. The van der Waals surface area contributed by atoms with Crippen molar-refractivity contribution in [1.29, 1.82) is 0 Å². The summed E-state index contributed by atoms with van der Waals surface area (Å²) in [6.45, 7) is 5.50. The molecule has 1 unspecified atom stereocenters. The Kier molecular flexibility index (Phi) is 7.72. The third kappa shape index (κ3) is 6.71. The molecule has 1 amide bonds. The predicted octanol–water partition coefficient (Wildman–Crippen LogP) is 2.55. The average Bonchev–Trinajstić information content (AvgIpc) is 2.42. The molecular formula is C15H27NO3. The van der Waals surface area contributed by atoms with Gasteiger partial charge in [-0.3, -0.25) is 9.59 Å². The summed E-state index contributed by atoms with van der Waals surface area (Å²) in [7, 11) is 0. The second-order valence-electron chi connectivity index (χ2n) is 5.39. The molecule has 4 heteroatoms. The van der Waals surface area contributed by atoms with E-state index in [0.29, 0.717) is 25.9 Å². The minimum atomic E-state index is 0.0212. The number of hydrogen-bond acceptors (Lipinski definition) is 3. The Balaban J connectivity index is 2.10. The predicted molar refractivity (Wildman–Crippen MR) is 75.0 cm³/mol. The smallest absolute Gasteiger partial charge is 0.248 e. The first kappa shape index (κ1) is 16.2. The van der Waals surface area contributed by atoms with Gasteiger partial charge < -0.3 is 9.64 Å². The number of carbonyl (C=O) groups excluding carboxylic acids is 2. The Bertz CT molecular complexity index is 281. The lowest BCUT2D eigenvalue weighted by Gasteiger charge is -2.26. The van der Waals surface area contributed by atoms with Gasteiger partial charge in [-0.25, -0.2) is 0 Å². The molecule has 0 aromatic rings. The Morgan fingerprint density at radius 1 is 1.26 bits per heavy atom. The Morgan fingerprint density at radius 3 is 2.58 bits per heavy atom. The molecule has 0 aromatic heterocycles. The third-order valence-electron chi connectivity index (χ3n) is 3.63.